The zero-order chi connectivity index (χ0) is 14.5. The van der Waals surface area contributed by atoms with E-state index in [2.05, 4.69) is 46.3 Å². The minimum atomic E-state index is 0.310. The third-order valence-electron chi connectivity index (χ3n) is 4.33. The van der Waals surface area contributed by atoms with Gasteiger partial charge in [-0.15, -0.1) is 0 Å². The van der Waals surface area contributed by atoms with E-state index in [1.54, 1.807) is 0 Å². The molecule has 1 aliphatic carbocycles. The van der Waals surface area contributed by atoms with Gasteiger partial charge in [-0.1, -0.05) is 19.8 Å². The van der Waals surface area contributed by atoms with Crippen LogP contribution in [0.25, 0.3) is 0 Å². The van der Waals surface area contributed by atoms with Crippen molar-refractivity contribution in [1.82, 2.24) is 20.1 Å². The topological polar surface area (TPSA) is 42.7 Å². The van der Waals surface area contributed by atoms with Crippen molar-refractivity contribution in [3.05, 3.63) is 48.0 Å². The van der Waals surface area contributed by atoms with E-state index in [0.29, 0.717) is 12.1 Å². The molecule has 4 nitrogen and oxygen atoms in total. The highest BCUT2D eigenvalue weighted by Gasteiger charge is 2.18. The van der Waals surface area contributed by atoms with E-state index in [-0.39, 0.29) is 0 Å². The van der Waals surface area contributed by atoms with Crippen LogP contribution in [0.4, 0.5) is 0 Å². The molecule has 3 rings (SSSR count). The Bertz CT molecular complexity index is 543. The first-order valence-electron chi connectivity index (χ1n) is 8.04. The number of pyridine rings is 1. The smallest absolute Gasteiger partial charge is 0.0643 e. The number of nitrogens with one attached hydrogen (secondary N) is 1. The van der Waals surface area contributed by atoms with Crippen molar-refractivity contribution in [2.45, 2.75) is 51.1 Å². The van der Waals surface area contributed by atoms with Crippen molar-refractivity contribution in [2.75, 3.05) is 6.54 Å². The zero-order valence-electron chi connectivity index (χ0n) is 12.7. The van der Waals surface area contributed by atoms with Gasteiger partial charge < -0.3 is 5.32 Å². The monoisotopic (exact) mass is 284 g/mol. The maximum atomic E-state index is 4.80. The van der Waals surface area contributed by atoms with Crippen molar-refractivity contribution in [3.8, 4) is 0 Å². The lowest BCUT2D eigenvalue weighted by molar-refractivity contribution is 0.457. The Hall–Kier alpha value is -1.68. The fourth-order valence-electron chi connectivity index (χ4n) is 3.22. The minimum Gasteiger partial charge on any atom is -0.310 e. The lowest BCUT2D eigenvalue weighted by atomic mass is 10.0. The van der Waals surface area contributed by atoms with E-state index in [1.165, 1.54) is 36.9 Å². The summed E-state index contributed by atoms with van der Waals surface area (Å²) >= 11 is 0. The molecule has 2 aromatic heterocycles. The van der Waals surface area contributed by atoms with Gasteiger partial charge in [-0.2, -0.15) is 5.10 Å². The maximum Gasteiger partial charge on any atom is 0.0643 e. The van der Waals surface area contributed by atoms with Crippen LogP contribution in [-0.4, -0.2) is 21.3 Å². The molecule has 0 radical (unpaired) electrons. The quantitative estimate of drug-likeness (QED) is 0.885. The summed E-state index contributed by atoms with van der Waals surface area (Å²) in [7, 11) is 0. The molecule has 0 spiro atoms. The Morgan fingerprint density at radius 2 is 2.00 bits per heavy atom. The van der Waals surface area contributed by atoms with Crippen LogP contribution in [0.15, 0.2) is 36.8 Å². The first kappa shape index (κ1) is 14.3. The third kappa shape index (κ3) is 3.50. The van der Waals surface area contributed by atoms with Gasteiger partial charge >= 0.3 is 0 Å². The second kappa shape index (κ2) is 6.85. The fourth-order valence-corrected chi connectivity index (χ4v) is 3.22. The van der Waals surface area contributed by atoms with Crippen molar-refractivity contribution in [2.24, 2.45) is 0 Å². The van der Waals surface area contributed by atoms with Crippen LogP contribution in [0.2, 0.25) is 0 Å². The average molecular weight is 284 g/mol. The highest BCUT2D eigenvalue weighted by Crippen LogP contribution is 2.29. The van der Waals surface area contributed by atoms with Crippen molar-refractivity contribution >= 4 is 0 Å². The largest absolute Gasteiger partial charge is 0.310 e. The Morgan fingerprint density at radius 3 is 2.71 bits per heavy atom. The van der Waals surface area contributed by atoms with Crippen molar-refractivity contribution < 1.29 is 0 Å². The number of aromatic nitrogens is 3. The summed E-state index contributed by atoms with van der Waals surface area (Å²) in [6.45, 7) is 3.10. The van der Waals surface area contributed by atoms with Gasteiger partial charge in [0, 0.05) is 31.1 Å². The number of hydrogen-bond acceptors (Lipinski definition) is 3. The number of hydrogen-bond donors (Lipinski definition) is 1. The number of rotatable bonds is 6. The third-order valence-corrected chi connectivity index (χ3v) is 4.33. The Labute approximate surface area is 126 Å². The highest BCUT2D eigenvalue weighted by molar-refractivity contribution is 5.18. The molecule has 112 valence electrons. The van der Waals surface area contributed by atoms with Crippen LogP contribution in [0.1, 0.15) is 55.9 Å². The molecule has 2 aromatic rings. The molecule has 1 saturated carbocycles. The first-order valence-corrected chi connectivity index (χ1v) is 8.04. The average Bonchev–Trinajstić information content (AvgIpc) is 3.19. The Kier molecular flexibility index (Phi) is 4.65. The SMILES string of the molecule is CCNC(Cc1ccn(C2CCCC2)n1)c1ccncc1. The molecule has 0 bridgehead atoms. The van der Waals surface area contributed by atoms with Crippen LogP contribution in [0.3, 0.4) is 0 Å². The summed E-state index contributed by atoms with van der Waals surface area (Å²) in [5.74, 6) is 0. The molecule has 0 aliphatic heterocycles. The molecule has 1 fully saturated rings. The number of likely N-dealkylation sites (N-methyl/N-ethyl adjacent to an activating group) is 1. The molecule has 2 heterocycles. The molecule has 1 N–H and O–H groups in total. The van der Waals surface area contributed by atoms with E-state index >= 15 is 0 Å². The molecule has 0 amide bonds. The summed E-state index contributed by atoms with van der Waals surface area (Å²) in [6, 6.07) is 7.27. The molecule has 0 saturated heterocycles. The van der Waals surface area contributed by atoms with Gasteiger partial charge in [0.1, 0.15) is 0 Å². The van der Waals surface area contributed by atoms with Gasteiger partial charge in [0.05, 0.1) is 11.7 Å². The molecule has 0 aromatic carbocycles. The Balaban J connectivity index is 1.71. The van der Waals surface area contributed by atoms with Gasteiger partial charge in [-0.3, -0.25) is 9.67 Å². The maximum absolute atomic E-state index is 4.80. The highest BCUT2D eigenvalue weighted by atomic mass is 15.3. The molecule has 1 unspecified atom stereocenters. The first-order chi connectivity index (χ1) is 10.4. The number of nitrogens with zero attached hydrogens (tertiary/aromatic N) is 3. The fraction of sp³-hybridized carbons (Fsp3) is 0.529. The summed E-state index contributed by atoms with van der Waals surface area (Å²) in [5, 5.41) is 8.35. The van der Waals surface area contributed by atoms with E-state index in [1.807, 2.05) is 12.4 Å². The zero-order valence-corrected chi connectivity index (χ0v) is 12.7. The van der Waals surface area contributed by atoms with Crippen LogP contribution in [0, 0.1) is 0 Å². The van der Waals surface area contributed by atoms with Gasteiger partial charge in [-0.25, -0.2) is 0 Å². The second-order valence-electron chi connectivity index (χ2n) is 5.82. The van der Waals surface area contributed by atoms with E-state index in [0.717, 1.165) is 13.0 Å². The minimum absolute atomic E-state index is 0.310. The van der Waals surface area contributed by atoms with E-state index in [9.17, 15) is 0 Å². The summed E-state index contributed by atoms with van der Waals surface area (Å²) in [6.07, 6.45) is 12.0. The predicted octanol–water partition coefficient (Wildman–Crippen LogP) is 3.29. The van der Waals surface area contributed by atoms with E-state index in [4.69, 9.17) is 5.10 Å². The summed E-state index contributed by atoms with van der Waals surface area (Å²) < 4.78 is 2.18. The van der Waals surface area contributed by atoms with Crippen molar-refractivity contribution in [3.63, 3.8) is 0 Å². The summed E-state index contributed by atoms with van der Waals surface area (Å²) in [4.78, 5) is 4.10. The summed E-state index contributed by atoms with van der Waals surface area (Å²) in [5.41, 5.74) is 2.45. The van der Waals surface area contributed by atoms with Crippen LogP contribution in [0.5, 0.6) is 0 Å². The van der Waals surface area contributed by atoms with Gasteiger partial charge in [0.15, 0.2) is 0 Å². The molecular formula is C17H24N4. The molecule has 1 aliphatic rings. The van der Waals surface area contributed by atoms with Crippen LogP contribution in [-0.2, 0) is 6.42 Å². The molecular weight excluding hydrogens is 260 g/mol. The van der Waals surface area contributed by atoms with Crippen molar-refractivity contribution in [1.29, 1.82) is 0 Å². The van der Waals surface area contributed by atoms with Crippen LogP contribution >= 0.6 is 0 Å². The van der Waals surface area contributed by atoms with Gasteiger partial charge in [-0.05, 0) is 43.1 Å². The molecule has 4 heteroatoms. The predicted molar refractivity (Wildman–Crippen MR) is 84.1 cm³/mol. The lowest BCUT2D eigenvalue weighted by Crippen LogP contribution is -2.23. The van der Waals surface area contributed by atoms with Crippen LogP contribution < -0.4 is 5.32 Å². The van der Waals surface area contributed by atoms with E-state index < -0.39 is 0 Å². The van der Waals surface area contributed by atoms with Gasteiger partial charge in [0.2, 0.25) is 0 Å². The standard InChI is InChI=1S/C17H24N4/c1-2-19-17(14-7-10-18-11-8-14)13-15-9-12-21(20-15)16-5-3-4-6-16/h7-12,16-17,19H,2-6,13H2,1H3. The Morgan fingerprint density at radius 1 is 1.24 bits per heavy atom. The molecule has 1 atom stereocenters. The molecule has 21 heavy (non-hydrogen) atoms. The second-order valence-corrected chi connectivity index (χ2v) is 5.82. The lowest BCUT2D eigenvalue weighted by Gasteiger charge is -2.17. The normalized spacial score (nSPS) is 17.2. The van der Waals surface area contributed by atoms with Gasteiger partial charge in [0.25, 0.3) is 0 Å².